The van der Waals surface area contributed by atoms with Crippen LogP contribution in [0.1, 0.15) is 6.42 Å². The number of hydrogen-bond acceptors (Lipinski definition) is 8. The Morgan fingerprint density at radius 2 is 1.79 bits per heavy atom. The van der Waals surface area contributed by atoms with Crippen molar-refractivity contribution in [2.24, 2.45) is 0 Å². The molecule has 0 radical (unpaired) electrons. The van der Waals surface area contributed by atoms with Gasteiger partial charge < -0.3 is 39.0 Å². The Bertz CT molecular complexity index is 369. The van der Waals surface area contributed by atoms with E-state index in [1.165, 1.54) is 0 Å². The molecule has 0 fully saturated rings. The predicted molar refractivity (Wildman–Crippen MR) is 42.2 cm³/mol. The van der Waals surface area contributed by atoms with Gasteiger partial charge in [0.05, 0.1) is 19.9 Å². The minimum atomic E-state index is -5.38. The van der Waals surface area contributed by atoms with Gasteiger partial charge in [-0.2, -0.15) is 0 Å². The number of carbonyl (C=O) groups excluding carboxylic acids is 1. The number of aliphatic hydroxyl groups is 2. The van der Waals surface area contributed by atoms with Gasteiger partial charge in [0.2, 0.25) is 0 Å². The molecular formula is C7H8Na3O8P. The Labute approximate surface area is 175 Å². The zero-order valence-corrected chi connectivity index (χ0v) is 17.7. The van der Waals surface area contributed by atoms with Crippen molar-refractivity contribution in [3.05, 3.63) is 11.6 Å². The van der Waals surface area contributed by atoms with Gasteiger partial charge in [0.1, 0.15) is 12.2 Å². The molecule has 0 bridgehead atoms. The van der Waals surface area contributed by atoms with Gasteiger partial charge in [-0.25, -0.2) is 0 Å². The van der Waals surface area contributed by atoms with E-state index < -0.39 is 44.1 Å². The SMILES string of the molecule is O=C([O-])C1=C[C@@H](OP(=O)([O-])[O-])[C@@H](O)[C@H](O)C1.[Na+].[Na+].[Na+]. The molecule has 0 aromatic carbocycles. The van der Waals surface area contributed by atoms with Gasteiger partial charge in [0, 0.05) is 6.42 Å². The van der Waals surface area contributed by atoms with E-state index in [9.17, 15) is 34.5 Å². The molecule has 0 aromatic heterocycles. The molecule has 3 atom stereocenters. The Morgan fingerprint density at radius 1 is 1.32 bits per heavy atom. The summed E-state index contributed by atoms with van der Waals surface area (Å²) in [6.07, 6.45) is -4.60. The van der Waals surface area contributed by atoms with Crippen LogP contribution in [0.4, 0.5) is 0 Å². The summed E-state index contributed by atoms with van der Waals surface area (Å²) in [6, 6.07) is 0. The van der Waals surface area contributed by atoms with Crippen molar-refractivity contribution in [1.29, 1.82) is 0 Å². The summed E-state index contributed by atoms with van der Waals surface area (Å²) < 4.78 is 14.2. The van der Waals surface area contributed by atoms with E-state index in [1.54, 1.807) is 0 Å². The number of rotatable bonds is 3. The minimum Gasteiger partial charge on any atom is -0.790 e. The molecule has 1 rings (SSSR count). The molecule has 2 N–H and O–H groups in total. The van der Waals surface area contributed by atoms with Gasteiger partial charge in [0.25, 0.3) is 0 Å². The van der Waals surface area contributed by atoms with Crippen LogP contribution in [-0.2, 0) is 13.9 Å². The van der Waals surface area contributed by atoms with Crippen LogP contribution in [0.3, 0.4) is 0 Å². The van der Waals surface area contributed by atoms with Crippen molar-refractivity contribution in [3.63, 3.8) is 0 Å². The van der Waals surface area contributed by atoms with Crippen molar-refractivity contribution < 1.29 is 128 Å². The second kappa shape index (κ2) is 10.9. The summed E-state index contributed by atoms with van der Waals surface area (Å²) in [7, 11) is -5.38. The summed E-state index contributed by atoms with van der Waals surface area (Å²) in [5.74, 6) is -1.63. The van der Waals surface area contributed by atoms with E-state index >= 15 is 0 Å². The Kier molecular flexibility index (Phi) is 15.0. The fourth-order valence-corrected chi connectivity index (χ4v) is 1.81. The largest absolute Gasteiger partial charge is 1.00 e. The molecule has 0 aliphatic heterocycles. The van der Waals surface area contributed by atoms with Gasteiger partial charge in [0.15, 0.2) is 0 Å². The molecular weight excluding hydrogens is 312 g/mol. The summed E-state index contributed by atoms with van der Waals surface area (Å²) in [5, 5.41) is 28.9. The first kappa shape index (κ1) is 26.2. The third-order valence-corrected chi connectivity index (χ3v) is 2.54. The molecule has 0 spiro atoms. The topological polar surface area (TPSA) is 153 Å². The Morgan fingerprint density at radius 3 is 2.16 bits per heavy atom. The van der Waals surface area contributed by atoms with E-state index in [-0.39, 0.29) is 88.7 Å². The Hall–Kier alpha value is 2.24. The maximum absolute atomic E-state index is 10.5. The number of hydrogen-bond donors (Lipinski definition) is 2. The van der Waals surface area contributed by atoms with Gasteiger partial charge >= 0.3 is 88.7 Å². The molecule has 8 nitrogen and oxygen atoms in total. The molecule has 1 aliphatic rings. The third-order valence-electron chi connectivity index (χ3n) is 2.04. The van der Waals surface area contributed by atoms with Crippen LogP contribution in [0.15, 0.2) is 11.6 Å². The maximum Gasteiger partial charge on any atom is 1.00 e. The van der Waals surface area contributed by atoms with Crippen molar-refractivity contribution >= 4 is 13.8 Å². The molecule has 0 heterocycles. The predicted octanol–water partition coefficient (Wildman–Crippen LogP) is -13.0. The molecule has 0 saturated carbocycles. The van der Waals surface area contributed by atoms with Crippen molar-refractivity contribution in [1.82, 2.24) is 0 Å². The standard InChI is InChI=1S/C7H11O8P.3Na/c8-4-1-3(7(10)11)2-5(6(4)9)15-16(12,13)14;;;/h2,4-6,8-9H,1H2,(H,10,11)(H2,12,13,14);;;/q;3*+1/p-3/t4-,5-,6+;;;/m1.../s1. The molecule has 0 amide bonds. The molecule has 92 valence electrons. The normalized spacial score (nSPS) is 26.1. The second-order valence-corrected chi connectivity index (χ2v) is 4.36. The van der Waals surface area contributed by atoms with E-state index in [1.807, 2.05) is 0 Å². The second-order valence-electron chi connectivity index (χ2n) is 3.26. The maximum atomic E-state index is 10.5. The monoisotopic (exact) mass is 320 g/mol. The fraction of sp³-hybridized carbons (Fsp3) is 0.571. The van der Waals surface area contributed by atoms with Gasteiger partial charge in [-0.3, -0.25) is 0 Å². The van der Waals surface area contributed by atoms with E-state index in [4.69, 9.17) is 0 Å². The Balaban J connectivity index is -0.000000853. The smallest absolute Gasteiger partial charge is 0.790 e. The molecule has 12 heteroatoms. The first-order valence-corrected chi connectivity index (χ1v) is 5.65. The number of phosphoric ester groups is 1. The number of aliphatic hydroxyl groups excluding tert-OH is 2. The summed E-state index contributed by atoms with van der Waals surface area (Å²) in [5.41, 5.74) is -0.434. The number of carbonyl (C=O) groups is 1. The number of phosphoric acid groups is 1. The third kappa shape index (κ3) is 9.07. The first-order chi connectivity index (χ1) is 7.20. The summed E-state index contributed by atoms with van der Waals surface area (Å²) in [4.78, 5) is 31.1. The van der Waals surface area contributed by atoms with Crippen LogP contribution in [0.5, 0.6) is 0 Å². The minimum absolute atomic E-state index is 0. The van der Waals surface area contributed by atoms with Crippen LogP contribution in [0, 0.1) is 0 Å². The van der Waals surface area contributed by atoms with Crippen LogP contribution in [0.2, 0.25) is 0 Å². The molecule has 0 aromatic rings. The van der Waals surface area contributed by atoms with E-state index in [0.29, 0.717) is 0 Å². The summed E-state index contributed by atoms with van der Waals surface area (Å²) >= 11 is 0. The van der Waals surface area contributed by atoms with Gasteiger partial charge in [-0.05, 0) is 11.6 Å². The fourth-order valence-electron chi connectivity index (χ4n) is 1.32. The summed E-state index contributed by atoms with van der Waals surface area (Å²) in [6.45, 7) is 0. The zero-order chi connectivity index (χ0) is 12.5. The molecule has 19 heavy (non-hydrogen) atoms. The average molecular weight is 320 g/mol. The zero-order valence-electron chi connectivity index (χ0n) is 10.8. The van der Waals surface area contributed by atoms with E-state index in [2.05, 4.69) is 4.52 Å². The molecule has 1 aliphatic carbocycles. The molecule has 0 unspecified atom stereocenters. The van der Waals surface area contributed by atoms with Crippen LogP contribution >= 0.6 is 7.82 Å². The van der Waals surface area contributed by atoms with E-state index in [0.717, 1.165) is 6.08 Å². The van der Waals surface area contributed by atoms with Crippen molar-refractivity contribution in [2.45, 2.75) is 24.7 Å². The quantitative estimate of drug-likeness (QED) is 0.384. The van der Waals surface area contributed by atoms with Gasteiger partial charge in [-0.1, -0.05) is 0 Å². The number of carboxylic acids is 1. The van der Waals surface area contributed by atoms with Crippen LogP contribution in [-0.4, -0.2) is 34.5 Å². The van der Waals surface area contributed by atoms with Crippen molar-refractivity contribution in [3.8, 4) is 0 Å². The average Bonchev–Trinajstić information content (AvgIpc) is 2.10. The van der Waals surface area contributed by atoms with Crippen LogP contribution < -0.4 is 104 Å². The van der Waals surface area contributed by atoms with Crippen molar-refractivity contribution in [2.75, 3.05) is 0 Å². The van der Waals surface area contributed by atoms with Gasteiger partial charge in [-0.15, -0.1) is 0 Å². The number of aliphatic carboxylic acids is 1. The van der Waals surface area contributed by atoms with Crippen LogP contribution in [0.25, 0.3) is 0 Å². The number of carboxylic acid groups (broad SMARTS) is 1. The first-order valence-electron chi connectivity index (χ1n) is 4.19. The molecule has 0 saturated heterocycles.